The van der Waals surface area contributed by atoms with Crippen molar-refractivity contribution in [2.45, 2.75) is 13.3 Å². The van der Waals surface area contributed by atoms with E-state index in [-0.39, 0.29) is 0 Å². The highest BCUT2D eigenvalue weighted by molar-refractivity contribution is 7.71. The Balaban J connectivity index is 1.63. The lowest BCUT2D eigenvalue weighted by Crippen LogP contribution is -2.12. The summed E-state index contributed by atoms with van der Waals surface area (Å²) in [6.45, 7) is 1.10. The smallest absolute Gasteiger partial charge is 0.183 e. The molecule has 26 heavy (non-hydrogen) atoms. The number of imidazole rings is 1. The zero-order chi connectivity index (χ0) is 17.8. The second-order valence-corrected chi connectivity index (χ2v) is 6.09. The van der Waals surface area contributed by atoms with Gasteiger partial charge in [0.2, 0.25) is 0 Å². The first-order valence-corrected chi connectivity index (χ1v) is 8.71. The number of hydrogen-bond donors (Lipinski definition) is 2. The summed E-state index contributed by atoms with van der Waals surface area (Å²) in [7, 11) is 0. The molecular formula is C19H18N6S. The van der Waals surface area contributed by atoms with E-state index in [0.29, 0.717) is 13.3 Å². The number of anilines is 2. The summed E-state index contributed by atoms with van der Waals surface area (Å²) < 4.78 is 4.87. The van der Waals surface area contributed by atoms with Crippen molar-refractivity contribution in [2.24, 2.45) is 0 Å². The van der Waals surface area contributed by atoms with Gasteiger partial charge in [0.25, 0.3) is 0 Å². The minimum atomic E-state index is 0.549. The average Bonchev–Trinajstić information content (AvgIpc) is 2.97. The summed E-state index contributed by atoms with van der Waals surface area (Å²) in [6, 6.07) is 19.7. The fraction of sp³-hybridized carbons (Fsp3) is 0.105. The Morgan fingerprint density at radius 3 is 1.58 bits per heavy atom. The van der Waals surface area contributed by atoms with E-state index >= 15 is 0 Å². The van der Waals surface area contributed by atoms with Gasteiger partial charge in [0.1, 0.15) is 11.6 Å². The van der Waals surface area contributed by atoms with Crippen LogP contribution in [-0.2, 0) is 13.3 Å². The quantitative estimate of drug-likeness (QED) is 0.506. The van der Waals surface area contributed by atoms with Crippen LogP contribution in [0.25, 0.3) is 11.0 Å². The minimum Gasteiger partial charge on any atom is -0.352 e. The van der Waals surface area contributed by atoms with Gasteiger partial charge in [-0.2, -0.15) is 0 Å². The first-order valence-electron chi connectivity index (χ1n) is 8.31. The van der Waals surface area contributed by atoms with Crippen LogP contribution in [0, 0.1) is 4.77 Å². The lowest BCUT2D eigenvalue weighted by molar-refractivity contribution is 0.706. The van der Waals surface area contributed by atoms with Crippen LogP contribution in [0.5, 0.6) is 0 Å². The molecule has 0 fully saturated rings. The number of aromatic nitrogens is 4. The second-order valence-electron chi connectivity index (χ2n) is 5.73. The zero-order valence-electron chi connectivity index (χ0n) is 14.0. The first-order chi connectivity index (χ1) is 12.8. The van der Waals surface area contributed by atoms with Crippen molar-refractivity contribution in [3.05, 3.63) is 77.8 Å². The van der Waals surface area contributed by atoms with Gasteiger partial charge in [0, 0.05) is 12.4 Å². The minimum absolute atomic E-state index is 0.549. The molecule has 2 N–H and O–H groups in total. The molecule has 4 rings (SSSR count). The summed E-state index contributed by atoms with van der Waals surface area (Å²) in [5.41, 5.74) is 2.15. The maximum absolute atomic E-state index is 5.73. The first kappa shape index (κ1) is 16.3. The lowest BCUT2D eigenvalue weighted by Gasteiger charge is -2.08. The summed E-state index contributed by atoms with van der Waals surface area (Å²) in [5.74, 6) is 1.63. The molecule has 0 saturated heterocycles. The molecule has 0 unspecified atom stereocenters. The topological polar surface area (TPSA) is 59.7 Å². The summed E-state index contributed by atoms with van der Waals surface area (Å²) in [4.78, 5) is 8.60. The summed E-state index contributed by atoms with van der Waals surface area (Å²) in [6.07, 6.45) is 3.53. The highest BCUT2D eigenvalue weighted by Gasteiger charge is 2.10. The number of nitrogens with one attached hydrogen (secondary N) is 2. The summed E-state index contributed by atoms with van der Waals surface area (Å²) >= 11 is 5.73. The van der Waals surface area contributed by atoms with Gasteiger partial charge in [-0.15, -0.1) is 0 Å². The maximum atomic E-state index is 5.73. The molecule has 4 aromatic rings. The number of rotatable bonds is 6. The van der Waals surface area contributed by atoms with Gasteiger partial charge in [0.05, 0.1) is 24.4 Å². The van der Waals surface area contributed by atoms with Gasteiger partial charge >= 0.3 is 0 Å². The molecule has 0 spiro atoms. The Bertz CT molecular complexity index is 972. The molecule has 0 saturated carbocycles. The molecule has 1 aromatic carbocycles. The van der Waals surface area contributed by atoms with E-state index in [1.807, 2.05) is 48.5 Å². The van der Waals surface area contributed by atoms with Crippen LogP contribution in [0.15, 0.2) is 73.1 Å². The molecule has 0 radical (unpaired) electrons. The number of para-hydroxylation sites is 2. The molecule has 6 nitrogen and oxygen atoms in total. The van der Waals surface area contributed by atoms with Crippen LogP contribution >= 0.6 is 12.2 Å². The third-order valence-electron chi connectivity index (χ3n) is 4.09. The fourth-order valence-corrected chi connectivity index (χ4v) is 3.16. The van der Waals surface area contributed by atoms with Crippen molar-refractivity contribution in [3.8, 4) is 0 Å². The van der Waals surface area contributed by atoms with Crippen molar-refractivity contribution in [2.75, 3.05) is 10.6 Å². The number of pyridine rings is 2. The van der Waals surface area contributed by atoms with E-state index in [1.165, 1.54) is 0 Å². The van der Waals surface area contributed by atoms with Crippen LogP contribution in [-0.4, -0.2) is 19.1 Å². The standard InChI is InChI=1S/C19H18N6S/c26-19-24(13-22-17-9-3-5-11-20-17)15-7-1-2-8-16(15)25(19)14-23-18-10-4-6-12-21-18/h1-12H,13-14H2,(H,20,22)(H,21,23). The second kappa shape index (κ2) is 7.37. The van der Waals surface area contributed by atoms with Gasteiger partial charge in [0.15, 0.2) is 4.77 Å². The van der Waals surface area contributed by atoms with Crippen LogP contribution in [0.4, 0.5) is 11.6 Å². The van der Waals surface area contributed by atoms with Gasteiger partial charge < -0.3 is 10.6 Å². The highest BCUT2D eigenvalue weighted by atomic mass is 32.1. The van der Waals surface area contributed by atoms with Crippen LogP contribution in [0.2, 0.25) is 0 Å². The molecule has 3 aromatic heterocycles. The monoisotopic (exact) mass is 362 g/mol. The van der Waals surface area contributed by atoms with Crippen molar-refractivity contribution in [1.82, 2.24) is 19.1 Å². The van der Waals surface area contributed by atoms with Crippen LogP contribution in [0.3, 0.4) is 0 Å². The molecule has 0 bridgehead atoms. The molecule has 3 heterocycles. The highest BCUT2D eigenvalue weighted by Crippen LogP contribution is 2.18. The van der Waals surface area contributed by atoms with Crippen molar-refractivity contribution < 1.29 is 0 Å². The lowest BCUT2D eigenvalue weighted by atomic mass is 10.3. The van der Waals surface area contributed by atoms with Gasteiger partial charge in [-0.3, -0.25) is 9.13 Å². The van der Waals surface area contributed by atoms with E-state index in [2.05, 4.69) is 41.9 Å². The molecule has 0 atom stereocenters. The number of fused-ring (bicyclic) bond motifs is 1. The van der Waals surface area contributed by atoms with Gasteiger partial charge in [-0.05, 0) is 48.6 Å². The zero-order valence-corrected chi connectivity index (χ0v) is 14.9. The Hall–Kier alpha value is -3.19. The third kappa shape index (κ3) is 3.29. The van der Waals surface area contributed by atoms with Gasteiger partial charge in [-0.25, -0.2) is 9.97 Å². The maximum Gasteiger partial charge on any atom is 0.183 e. The van der Waals surface area contributed by atoms with E-state index in [4.69, 9.17) is 12.2 Å². The van der Waals surface area contributed by atoms with Gasteiger partial charge in [-0.1, -0.05) is 24.3 Å². The van der Waals surface area contributed by atoms with E-state index in [1.54, 1.807) is 12.4 Å². The largest absolute Gasteiger partial charge is 0.352 e. The predicted molar refractivity (Wildman–Crippen MR) is 106 cm³/mol. The van der Waals surface area contributed by atoms with Crippen LogP contribution < -0.4 is 10.6 Å². The Kier molecular flexibility index (Phi) is 4.61. The van der Waals surface area contributed by atoms with Crippen molar-refractivity contribution >= 4 is 34.9 Å². The Morgan fingerprint density at radius 2 is 1.15 bits per heavy atom. The normalized spacial score (nSPS) is 10.8. The number of nitrogens with zero attached hydrogens (tertiary/aromatic N) is 4. The molecule has 7 heteroatoms. The molecular weight excluding hydrogens is 344 g/mol. The van der Waals surface area contributed by atoms with E-state index in [0.717, 1.165) is 27.4 Å². The van der Waals surface area contributed by atoms with E-state index in [9.17, 15) is 0 Å². The fourth-order valence-electron chi connectivity index (χ4n) is 2.83. The van der Waals surface area contributed by atoms with E-state index < -0.39 is 0 Å². The molecule has 130 valence electrons. The third-order valence-corrected chi connectivity index (χ3v) is 4.53. The summed E-state index contributed by atoms with van der Waals surface area (Å²) in [5, 5.41) is 6.64. The van der Waals surface area contributed by atoms with Crippen LogP contribution in [0.1, 0.15) is 0 Å². The Labute approximate surface area is 156 Å². The number of benzene rings is 1. The Morgan fingerprint density at radius 1 is 0.692 bits per heavy atom. The van der Waals surface area contributed by atoms with Crippen molar-refractivity contribution in [3.63, 3.8) is 0 Å². The molecule has 0 aliphatic carbocycles. The predicted octanol–water partition coefficient (Wildman–Crippen LogP) is 4.10. The molecule has 0 amide bonds. The average molecular weight is 362 g/mol. The SMILES string of the molecule is S=c1n(CNc2ccccn2)c2ccccc2n1CNc1ccccn1. The molecule has 0 aliphatic rings. The van der Waals surface area contributed by atoms with Crippen molar-refractivity contribution in [1.29, 1.82) is 0 Å². The number of hydrogen-bond acceptors (Lipinski definition) is 5. The molecule has 0 aliphatic heterocycles.